The Morgan fingerprint density at radius 3 is 1.20 bits per heavy atom. The molecule has 25 heavy (non-hydrogen) atoms. The summed E-state index contributed by atoms with van der Waals surface area (Å²) in [6.45, 7) is 2.43. The maximum absolute atomic E-state index is 11.7. The summed E-state index contributed by atoms with van der Waals surface area (Å²) < 4.78 is 0. The van der Waals surface area contributed by atoms with Gasteiger partial charge in [-0.25, -0.2) is 0 Å². The minimum Gasteiger partial charge on any atom is -0.395 e. The highest BCUT2D eigenvalue weighted by atomic mass is 16.3. The number of hydrogen-bond donors (Lipinski definition) is 4. The van der Waals surface area contributed by atoms with Crippen molar-refractivity contribution in [3.05, 3.63) is 70.8 Å². The normalized spacial score (nSPS) is 12.4. The smallest absolute Gasteiger partial charge is 0.127 e. The molecule has 0 amide bonds. The summed E-state index contributed by atoms with van der Waals surface area (Å²) >= 11 is 0. The van der Waals surface area contributed by atoms with Crippen molar-refractivity contribution < 1.29 is 20.4 Å². The first-order chi connectivity index (χ1) is 12.0. The zero-order valence-electron chi connectivity index (χ0n) is 14.9. The molecule has 2 aromatic carbocycles. The topological polar surface area (TPSA) is 80.9 Å². The fraction of sp³-hybridized carbons (Fsp3) is 0.429. The zero-order chi connectivity index (χ0) is 18.5. The molecule has 0 aliphatic heterocycles. The minimum atomic E-state index is -1.72. The maximum Gasteiger partial charge on any atom is 0.127 e. The van der Waals surface area contributed by atoms with Crippen LogP contribution in [-0.2, 0) is 18.4 Å². The largest absolute Gasteiger partial charge is 0.395 e. The number of aliphatic hydroxyl groups excluding tert-OH is 3. The van der Waals surface area contributed by atoms with Crippen molar-refractivity contribution in [1.82, 2.24) is 0 Å². The van der Waals surface area contributed by atoms with E-state index in [1.54, 1.807) is 24.3 Å². The fourth-order valence-corrected chi connectivity index (χ4v) is 3.24. The number of aryl methyl sites for hydroxylation is 2. The van der Waals surface area contributed by atoms with Crippen LogP contribution in [0.3, 0.4) is 0 Å². The molecule has 4 N–H and O–H groups in total. The van der Waals surface area contributed by atoms with E-state index in [4.69, 9.17) is 0 Å². The lowest BCUT2D eigenvalue weighted by Gasteiger charge is -2.45. The Hall–Kier alpha value is -1.72. The first-order valence-corrected chi connectivity index (χ1v) is 8.75. The minimum absolute atomic E-state index is 0.533. The lowest BCUT2D eigenvalue weighted by atomic mass is 9.65. The summed E-state index contributed by atoms with van der Waals surface area (Å²) in [5.41, 5.74) is 0.0837. The Bertz CT molecular complexity index is 602. The van der Waals surface area contributed by atoms with Crippen molar-refractivity contribution in [1.29, 1.82) is 0 Å². The van der Waals surface area contributed by atoms with Crippen molar-refractivity contribution in [2.75, 3.05) is 19.8 Å². The summed E-state index contributed by atoms with van der Waals surface area (Å²) in [4.78, 5) is 0. The van der Waals surface area contributed by atoms with E-state index in [1.165, 1.54) is 0 Å². The lowest BCUT2D eigenvalue weighted by molar-refractivity contribution is -0.136. The Balaban J connectivity index is 2.68. The number of aliphatic hydroxyl groups is 4. The predicted molar refractivity (Wildman–Crippen MR) is 98.3 cm³/mol. The third-order valence-corrected chi connectivity index (χ3v) is 5.24. The van der Waals surface area contributed by atoms with Crippen molar-refractivity contribution >= 4 is 0 Å². The van der Waals surface area contributed by atoms with Crippen LogP contribution in [-0.4, -0.2) is 40.2 Å². The van der Waals surface area contributed by atoms with Gasteiger partial charge in [0.15, 0.2) is 0 Å². The van der Waals surface area contributed by atoms with E-state index < -0.39 is 30.8 Å². The van der Waals surface area contributed by atoms with Crippen LogP contribution in [0.15, 0.2) is 48.5 Å². The third kappa shape index (κ3) is 3.35. The quantitative estimate of drug-likeness (QED) is 0.590. The van der Waals surface area contributed by atoms with Gasteiger partial charge >= 0.3 is 0 Å². The first kappa shape index (κ1) is 19.6. The standard InChI is InChI=1S/C21H28O4/c1-3-16-5-9-18(10-6-16)21(25,20(13-22,14-23)15-24)19-11-7-17(4-2)8-12-19/h5-12,22-25H,3-4,13-15H2,1-2H3. The Kier molecular flexibility index (Phi) is 6.36. The SMILES string of the molecule is CCc1ccc(C(O)(c2ccc(CC)cc2)C(CO)(CO)CO)cc1. The van der Waals surface area contributed by atoms with Crippen LogP contribution >= 0.6 is 0 Å². The molecule has 0 unspecified atom stereocenters. The molecular weight excluding hydrogens is 316 g/mol. The fourth-order valence-electron chi connectivity index (χ4n) is 3.24. The summed E-state index contributed by atoms with van der Waals surface area (Å²) in [6.07, 6.45) is 1.74. The Morgan fingerprint density at radius 1 is 0.640 bits per heavy atom. The van der Waals surface area contributed by atoms with Crippen LogP contribution in [0.4, 0.5) is 0 Å². The monoisotopic (exact) mass is 344 g/mol. The van der Waals surface area contributed by atoms with Gasteiger partial charge in [-0.1, -0.05) is 62.4 Å². The molecule has 0 aliphatic carbocycles. The molecule has 0 fully saturated rings. The molecule has 0 atom stereocenters. The molecule has 0 heterocycles. The summed E-state index contributed by atoms with van der Waals surface area (Å²) in [6, 6.07) is 14.8. The second-order valence-corrected chi connectivity index (χ2v) is 6.57. The van der Waals surface area contributed by atoms with Crippen molar-refractivity contribution in [2.45, 2.75) is 32.3 Å². The summed E-state index contributed by atoms with van der Waals surface area (Å²) in [5.74, 6) is 0. The molecule has 4 nitrogen and oxygen atoms in total. The van der Waals surface area contributed by atoms with Gasteiger partial charge in [-0.2, -0.15) is 0 Å². The first-order valence-electron chi connectivity index (χ1n) is 8.75. The van der Waals surface area contributed by atoms with Crippen LogP contribution in [0.5, 0.6) is 0 Å². The second-order valence-electron chi connectivity index (χ2n) is 6.57. The molecule has 0 saturated heterocycles. The molecule has 0 bridgehead atoms. The number of benzene rings is 2. The van der Waals surface area contributed by atoms with Gasteiger partial charge in [-0.3, -0.25) is 0 Å². The van der Waals surface area contributed by atoms with E-state index in [0.717, 1.165) is 24.0 Å². The van der Waals surface area contributed by atoms with Gasteiger partial charge in [-0.15, -0.1) is 0 Å². The predicted octanol–water partition coefficient (Wildman–Crippen LogP) is 2.01. The van der Waals surface area contributed by atoms with E-state index in [1.807, 2.05) is 38.1 Å². The van der Waals surface area contributed by atoms with Gasteiger partial charge in [0.05, 0.1) is 25.2 Å². The maximum atomic E-state index is 11.7. The molecule has 0 radical (unpaired) electrons. The molecule has 2 rings (SSSR count). The van der Waals surface area contributed by atoms with Gasteiger partial charge in [0.25, 0.3) is 0 Å². The van der Waals surface area contributed by atoms with Gasteiger partial charge in [0.2, 0.25) is 0 Å². The molecule has 0 saturated carbocycles. The van der Waals surface area contributed by atoms with Gasteiger partial charge in [0, 0.05) is 0 Å². The van der Waals surface area contributed by atoms with Crippen molar-refractivity contribution in [2.24, 2.45) is 5.41 Å². The molecule has 0 spiro atoms. The summed E-state index contributed by atoms with van der Waals surface area (Å²) in [7, 11) is 0. The van der Waals surface area contributed by atoms with Crippen LogP contribution in [0, 0.1) is 5.41 Å². The highest BCUT2D eigenvalue weighted by Gasteiger charge is 2.52. The second kappa shape index (κ2) is 8.11. The van der Waals surface area contributed by atoms with Crippen LogP contribution in [0.25, 0.3) is 0 Å². The zero-order valence-corrected chi connectivity index (χ0v) is 14.9. The highest BCUT2D eigenvalue weighted by Crippen LogP contribution is 2.45. The molecule has 4 heteroatoms. The molecule has 2 aromatic rings. The molecule has 0 aromatic heterocycles. The highest BCUT2D eigenvalue weighted by molar-refractivity contribution is 5.41. The lowest BCUT2D eigenvalue weighted by Crippen LogP contribution is -2.54. The summed E-state index contributed by atoms with van der Waals surface area (Å²) in [5, 5.41) is 41.6. The average molecular weight is 344 g/mol. The van der Waals surface area contributed by atoms with E-state index >= 15 is 0 Å². The van der Waals surface area contributed by atoms with Crippen LogP contribution in [0.1, 0.15) is 36.1 Å². The molecule has 136 valence electrons. The van der Waals surface area contributed by atoms with Crippen molar-refractivity contribution in [3.8, 4) is 0 Å². The molecular formula is C21H28O4. The molecule has 0 aliphatic rings. The van der Waals surface area contributed by atoms with E-state index in [9.17, 15) is 20.4 Å². The van der Waals surface area contributed by atoms with Crippen molar-refractivity contribution in [3.63, 3.8) is 0 Å². The Morgan fingerprint density at radius 2 is 0.960 bits per heavy atom. The Labute approximate surface area is 149 Å². The van der Waals surface area contributed by atoms with Crippen LogP contribution in [0.2, 0.25) is 0 Å². The average Bonchev–Trinajstić information content (AvgIpc) is 2.69. The number of rotatable bonds is 8. The van der Waals surface area contributed by atoms with Gasteiger partial charge < -0.3 is 20.4 Å². The van der Waals surface area contributed by atoms with E-state index in [2.05, 4.69) is 0 Å². The van der Waals surface area contributed by atoms with E-state index in [0.29, 0.717) is 11.1 Å². The van der Waals surface area contributed by atoms with E-state index in [-0.39, 0.29) is 0 Å². The number of hydrogen-bond acceptors (Lipinski definition) is 4. The van der Waals surface area contributed by atoms with Crippen LogP contribution < -0.4 is 0 Å². The third-order valence-electron chi connectivity index (χ3n) is 5.24. The van der Waals surface area contributed by atoms with Gasteiger partial charge in [-0.05, 0) is 35.1 Å². The van der Waals surface area contributed by atoms with Gasteiger partial charge in [0.1, 0.15) is 5.60 Å².